The summed E-state index contributed by atoms with van der Waals surface area (Å²) in [4.78, 5) is 51.9. The molecule has 10 nitrogen and oxygen atoms in total. The number of nitrogens with zero attached hydrogens (tertiary/aromatic N) is 2. The van der Waals surface area contributed by atoms with Crippen LogP contribution in [0.4, 0.5) is 10.5 Å². The maximum absolute atomic E-state index is 13.5. The fourth-order valence-corrected chi connectivity index (χ4v) is 4.36. The van der Waals surface area contributed by atoms with E-state index in [4.69, 9.17) is 14.2 Å². The van der Waals surface area contributed by atoms with Crippen molar-refractivity contribution >= 4 is 29.6 Å². The zero-order chi connectivity index (χ0) is 27.1. The number of carbonyl (C=O) groups is 4. The van der Waals surface area contributed by atoms with Crippen molar-refractivity contribution in [2.45, 2.75) is 45.3 Å². The number of rotatable bonds is 9. The van der Waals surface area contributed by atoms with E-state index >= 15 is 0 Å². The van der Waals surface area contributed by atoms with Gasteiger partial charge in [-0.2, -0.15) is 0 Å². The Labute approximate surface area is 221 Å². The average molecular weight is 522 g/mol. The van der Waals surface area contributed by atoms with E-state index in [9.17, 15) is 19.2 Å². The number of carbonyl (C=O) groups excluding carboxylic acids is 4. The third-order valence-corrected chi connectivity index (χ3v) is 6.19. The molecule has 2 heterocycles. The van der Waals surface area contributed by atoms with Crippen LogP contribution in [-0.4, -0.2) is 60.8 Å². The van der Waals surface area contributed by atoms with Crippen LogP contribution in [0.15, 0.2) is 66.7 Å². The van der Waals surface area contributed by atoms with Gasteiger partial charge in [0.2, 0.25) is 5.91 Å². The third kappa shape index (κ3) is 6.77. The van der Waals surface area contributed by atoms with E-state index in [1.165, 1.54) is 18.7 Å². The molecule has 2 aromatic carbocycles. The van der Waals surface area contributed by atoms with E-state index in [0.29, 0.717) is 25.2 Å². The number of hydrogen-bond donors (Lipinski definition) is 1. The minimum Gasteiger partial charge on any atom is -0.442 e. The number of benzene rings is 2. The summed E-state index contributed by atoms with van der Waals surface area (Å²) in [6.07, 6.45) is 2.28. The van der Waals surface area contributed by atoms with Crippen LogP contribution in [0.2, 0.25) is 0 Å². The fraction of sp³-hybridized carbons (Fsp3) is 0.357. The van der Waals surface area contributed by atoms with E-state index in [1.54, 1.807) is 17.0 Å². The van der Waals surface area contributed by atoms with E-state index in [-0.39, 0.29) is 19.1 Å². The summed E-state index contributed by atoms with van der Waals surface area (Å²) in [6, 6.07) is 16.2. The molecule has 4 rings (SSSR count). The molecule has 0 aromatic heterocycles. The smallest absolute Gasteiger partial charge is 0.414 e. The van der Waals surface area contributed by atoms with Crippen molar-refractivity contribution in [3.63, 3.8) is 0 Å². The molecule has 0 aliphatic carbocycles. The van der Waals surface area contributed by atoms with Gasteiger partial charge in [-0.3, -0.25) is 19.3 Å². The van der Waals surface area contributed by atoms with Gasteiger partial charge in [-0.25, -0.2) is 4.79 Å². The number of anilines is 1. The molecule has 2 aromatic rings. The van der Waals surface area contributed by atoms with Gasteiger partial charge in [-0.05, 0) is 29.7 Å². The van der Waals surface area contributed by atoms with Gasteiger partial charge in [0.05, 0.1) is 25.7 Å². The second kappa shape index (κ2) is 12.4. The van der Waals surface area contributed by atoms with Crippen LogP contribution >= 0.6 is 0 Å². The number of cyclic esters (lactones) is 1. The Morgan fingerprint density at radius 3 is 2.50 bits per heavy atom. The van der Waals surface area contributed by atoms with Gasteiger partial charge in [-0.1, -0.05) is 54.6 Å². The van der Waals surface area contributed by atoms with Gasteiger partial charge in [0.25, 0.3) is 12.2 Å². The third-order valence-electron chi connectivity index (χ3n) is 6.19. The van der Waals surface area contributed by atoms with Crippen molar-refractivity contribution in [1.82, 2.24) is 10.2 Å². The van der Waals surface area contributed by atoms with Gasteiger partial charge in [0, 0.05) is 26.1 Å². The molecule has 0 radical (unpaired) electrons. The first-order valence-electron chi connectivity index (χ1n) is 12.4. The van der Waals surface area contributed by atoms with Crippen molar-refractivity contribution in [3.8, 4) is 0 Å². The summed E-state index contributed by atoms with van der Waals surface area (Å²) in [6.45, 7) is 3.75. The first-order chi connectivity index (χ1) is 18.3. The molecule has 3 atom stereocenters. The van der Waals surface area contributed by atoms with Gasteiger partial charge < -0.3 is 24.4 Å². The van der Waals surface area contributed by atoms with Crippen LogP contribution in [0.3, 0.4) is 0 Å². The van der Waals surface area contributed by atoms with E-state index in [0.717, 1.165) is 11.1 Å². The predicted octanol–water partition coefficient (Wildman–Crippen LogP) is 3.08. The van der Waals surface area contributed by atoms with E-state index in [1.807, 2.05) is 54.6 Å². The van der Waals surface area contributed by atoms with Crippen LogP contribution in [0.1, 0.15) is 37.4 Å². The van der Waals surface area contributed by atoms with E-state index in [2.05, 4.69) is 5.32 Å². The maximum atomic E-state index is 13.5. The molecular weight excluding hydrogens is 490 g/mol. The number of esters is 1. The lowest BCUT2D eigenvalue weighted by molar-refractivity contribution is -0.194. The van der Waals surface area contributed by atoms with Crippen LogP contribution in [-0.2, 0) is 35.2 Å². The molecule has 1 fully saturated rings. The fourth-order valence-electron chi connectivity index (χ4n) is 4.36. The van der Waals surface area contributed by atoms with Crippen molar-refractivity contribution in [1.29, 1.82) is 0 Å². The zero-order valence-electron chi connectivity index (χ0n) is 21.4. The highest BCUT2D eigenvalue weighted by molar-refractivity contribution is 5.90. The summed E-state index contributed by atoms with van der Waals surface area (Å²) >= 11 is 0. The summed E-state index contributed by atoms with van der Waals surface area (Å²) in [7, 11) is 0. The Balaban J connectivity index is 1.46. The number of nitrogens with one attached hydrogen (secondary N) is 1. The zero-order valence-corrected chi connectivity index (χ0v) is 21.4. The highest BCUT2D eigenvalue weighted by Gasteiger charge is 2.35. The van der Waals surface area contributed by atoms with Crippen LogP contribution in [0.5, 0.6) is 0 Å². The highest BCUT2D eigenvalue weighted by Crippen LogP contribution is 2.30. The molecule has 3 amide bonds. The molecule has 0 saturated carbocycles. The molecule has 0 bridgehead atoms. The van der Waals surface area contributed by atoms with Crippen LogP contribution < -0.4 is 10.2 Å². The first-order valence-corrected chi connectivity index (χ1v) is 12.4. The summed E-state index contributed by atoms with van der Waals surface area (Å²) in [5.74, 6) is -1.25. The van der Waals surface area contributed by atoms with Crippen molar-refractivity contribution in [2.75, 3.05) is 24.5 Å². The van der Waals surface area contributed by atoms with Crippen molar-refractivity contribution < 1.29 is 33.4 Å². The Kier molecular flexibility index (Phi) is 8.75. The van der Waals surface area contributed by atoms with Gasteiger partial charge in [-0.15, -0.1) is 0 Å². The lowest BCUT2D eigenvalue weighted by Crippen LogP contribution is -2.45. The van der Waals surface area contributed by atoms with Crippen LogP contribution in [0, 0.1) is 0 Å². The van der Waals surface area contributed by atoms with Crippen molar-refractivity contribution in [2.24, 2.45) is 0 Å². The molecular formula is C28H31N3O7. The standard InChI is InChI=1S/C28H31N3O7/c1-19(32)29-16-24-17-31(28(35)38-24)23-13-11-22(12-14-23)25-10-6-7-15-30(25)26(34)27(37-20(2)33)36-18-21-8-4-3-5-9-21/h3-6,8-14,24-25,27H,7,15-18H2,1-2H3,(H,29,32)/t24-,25?,27?/m0/s1. The van der Waals surface area contributed by atoms with Gasteiger partial charge >= 0.3 is 12.1 Å². The predicted molar refractivity (Wildman–Crippen MR) is 138 cm³/mol. The normalized spacial score (nSPS) is 19.6. The summed E-state index contributed by atoms with van der Waals surface area (Å²) in [5, 5.41) is 2.66. The number of hydrogen-bond acceptors (Lipinski definition) is 7. The minimum absolute atomic E-state index is 0.114. The second-order valence-electron chi connectivity index (χ2n) is 9.08. The molecule has 200 valence electrons. The molecule has 38 heavy (non-hydrogen) atoms. The maximum Gasteiger partial charge on any atom is 0.414 e. The molecule has 1 N–H and O–H groups in total. The number of amides is 3. The topological polar surface area (TPSA) is 114 Å². The van der Waals surface area contributed by atoms with Crippen molar-refractivity contribution in [3.05, 3.63) is 77.9 Å². The quantitative estimate of drug-likeness (QED) is 0.306. The summed E-state index contributed by atoms with van der Waals surface area (Å²) in [5.41, 5.74) is 2.32. The van der Waals surface area contributed by atoms with Gasteiger partial charge in [0.1, 0.15) is 6.10 Å². The largest absolute Gasteiger partial charge is 0.442 e. The molecule has 2 unspecified atom stereocenters. The molecule has 10 heteroatoms. The minimum atomic E-state index is -1.37. The SMILES string of the molecule is CC(=O)NC[C@H]1CN(c2ccc(C3C=CCCN3C(=O)C(OCc3ccccc3)OC(C)=O)cc2)C(=O)O1. The second-order valence-corrected chi connectivity index (χ2v) is 9.08. The van der Waals surface area contributed by atoms with Gasteiger partial charge in [0.15, 0.2) is 0 Å². The molecule has 0 spiro atoms. The molecule has 2 aliphatic heterocycles. The van der Waals surface area contributed by atoms with E-state index < -0.39 is 36.4 Å². The first kappa shape index (κ1) is 26.9. The summed E-state index contributed by atoms with van der Waals surface area (Å²) < 4.78 is 16.3. The average Bonchev–Trinajstić information content (AvgIpc) is 3.30. The Hall–Kier alpha value is -4.18. The highest BCUT2D eigenvalue weighted by atomic mass is 16.7. The molecule has 2 aliphatic rings. The Bertz CT molecular complexity index is 1180. The molecule has 1 saturated heterocycles. The van der Waals surface area contributed by atoms with Crippen LogP contribution in [0.25, 0.3) is 0 Å². The Morgan fingerprint density at radius 1 is 1.08 bits per heavy atom. The lowest BCUT2D eigenvalue weighted by Gasteiger charge is -2.34. The lowest BCUT2D eigenvalue weighted by atomic mass is 10.0. The Morgan fingerprint density at radius 2 is 1.82 bits per heavy atom. The monoisotopic (exact) mass is 521 g/mol. The number of ether oxygens (including phenoxy) is 3.